The predicted molar refractivity (Wildman–Crippen MR) is 103 cm³/mol. The highest BCUT2D eigenvalue weighted by Gasteiger charge is 2.30. The van der Waals surface area contributed by atoms with Crippen LogP contribution >= 0.6 is 0 Å². The summed E-state index contributed by atoms with van der Waals surface area (Å²) < 4.78 is 29.1. The molecule has 1 aromatic rings. The Morgan fingerprint density at radius 1 is 1.15 bits per heavy atom. The Kier molecular flexibility index (Phi) is 5.37. The van der Waals surface area contributed by atoms with Gasteiger partial charge >= 0.3 is 0 Å². The molecule has 1 fully saturated rings. The number of amides is 1. The molecule has 0 atom stereocenters. The first-order valence-electron chi connectivity index (χ1n) is 9.32. The Morgan fingerprint density at radius 3 is 2.42 bits per heavy atom. The van der Waals surface area contributed by atoms with E-state index in [-0.39, 0.29) is 10.8 Å². The van der Waals surface area contributed by atoms with E-state index < -0.39 is 10.0 Å². The minimum absolute atomic E-state index is 0.0911. The fourth-order valence-corrected chi connectivity index (χ4v) is 4.84. The fourth-order valence-electron chi connectivity index (χ4n) is 3.58. The van der Waals surface area contributed by atoms with Crippen molar-refractivity contribution in [2.24, 2.45) is 10.3 Å². The van der Waals surface area contributed by atoms with E-state index >= 15 is 0 Å². The maximum Gasteiger partial charge on any atom is 0.286 e. The Bertz CT molecular complexity index is 822. The van der Waals surface area contributed by atoms with Gasteiger partial charge in [0.25, 0.3) is 15.9 Å². The average Bonchev–Trinajstić information content (AvgIpc) is 2.86. The van der Waals surface area contributed by atoms with Crippen molar-refractivity contribution >= 4 is 27.5 Å². The molecule has 0 bridgehead atoms. The van der Waals surface area contributed by atoms with Gasteiger partial charge in [-0.1, -0.05) is 26.7 Å². The third kappa shape index (κ3) is 3.77. The second-order valence-corrected chi connectivity index (χ2v) is 9.08. The van der Waals surface area contributed by atoms with Gasteiger partial charge in [0.2, 0.25) is 0 Å². The number of sulfonamides is 1. The molecule has 1 amide bonds. The van der Waals surface area contributed by atoms with Crippen LogP contribution in [0.2, 0.25) is 0 Å². The van der Waals surface area contributed by atoms with Crippen LogP contribution in [0.25, 0.3) is 0 Å². The molecule has 142 valence electrons. The van der Waals surface area contributed by atoms with Gasteiger partial charge in [-0.05, 0) is 43.9 Å². The summed E-state index contributed by atoms with van der Waals surface area (Å²) in [4.78, 5) is 16.7. The molecule has 2 heterocycles. The number of hydrogen-bond acceptors (Lipinski definition) is 4. The Morgan fingerprint density at radius 2 is 1.81 bits per heavy atom. The van der Waals surface area contributed by atoms with Crippen LogP contribution < -0.4 is 4.90 Å². The number of likely N-dealkylation sites (tertiary alicyclic amines) is 1. The number of amidine groups is 1. The molecule has 7 heteroatoms. The van der Waals surface area contributed by atoms with Crippen LogP contribution in [-0.2, 0) is 10.0 Å². The lowest BCUT2D eigenvalue weighted by Crippen LogP contribution is -2.37. The van der Waals surface area contributed by atoms with Crippen LogP contribution in [0.5, 0.6) is 0 Å². The molecular weight excluding hydrogens is 350 g/mol. The monoisotopic (exact) mass is 377 g/mol. The highest BCUT2D eigenvalue weighted by molar-refractivity contribution is 7.90. The van der Waals surface area contributed by atoms with Crippen LogP contribution in [0.15, 0.2) is 27.5 Å². The third-order valence-electron chi connectivity index (χ3n) is 4.86. The summed E-state index contributed by atoms with van der Waals surface area (Å²) in [6, 6.07) is 4.99. The van der Waals surface area contributed by atoms with Gasteiger partial charge in [-0.2, -0.15) is 8.42 Å². The first-order valence-corrected chi connectivity index (χ1v) is 10.8. The highest BCUT2D eigenvalue weighted by Crippen LogP contribution is 2.33. The summed E-state index contributed by atoms with van der Waals surface area (Å²) in [5.41, 5.74) is 1.03. The molecule has 0 unspecified atom stereocenters. The van der Waals surface area contributed by atoms with Crippen molar-refractivity contribution in [3.05, 3.63) is 23.8 Å². The molecule has 0 N–H and O–H groups in total. The first kappa shape index (κ1) is 18.9. The molecule has 0 aliphatic carbocycles. The zero-order valence-corrected chi connectivity index (χ0v) is 16.6. The molecule has 0 radical (unpaired) electrons. The van der Waals surface area contributed by atoms with Crippen molar-refractivity contribution in [1.82, 2.24) is 4.90 Å². The van der Waals surface area contributed by atoms with Crippen molar-refractivity contribution in [3.63, 3.8) is 0 Å². The van der Waals surface area contributed by atoms with E-state index in [1.807, 2.05) is 9.80 Å². The second kappa shape index (κ2) is 7.39. The molecule has 1 saturated heterocycles. The van der Waals surface area contributed by atoms with Gasteiger partial charge < -0.3 is 9.80 Å². The highest BCUT2D eigenvalue weighted by atomic mass is 32.2. The van der Waals surface area contributed by atoms with Crippen LogP contribution in [0.4, 0.5) is 5.69 Å². The Labute approximate surface area is 156 Å². The van der Waals surface area contributed by atoms with Gasteiger partial charge in [-0.15, -0.1) is 4.40 Å². The van der Waals surface area contributed by atoms with E-state index in [1.54, 1.807) is 19.1 Å². The molecule has 0 aromatic heterocycles. The van der Waals surface area contributed by atoms with Gasteiger partial charge in [0.1, 0.15) is 10.7 Å². The number of nitrogens with zero attached hydrogens (tertiary/aromatic N) is 3. The largest absolute Gasteiger partial charge is 0.339 e. The third-order valence-corrected chi connectivity index (χ3v) is 6.25. The van der Waals surface area contributed by atoms with E-state index in [9.17, 15) is 13.2 Å². The Balaban J connectivity index is 1.98. The molecule has 6 nitrogen and oxygen atoms in total. The number of benzene rings is 1. The molecule has 0 saturated carbocycles. The van der Waals surface area contributed by atoms with Crippen LogP contribution in [0.3, 0.4) is 0 Å². The summed E-state index contributed by atoms with van der Waals surface area (Å²) in [6.07, 6.45) is 4.28. The maximum absolute atomic E-state index is 12.9. The zero-order valence-electron chi connectivity index (χ0n) is 15.7. The maximum atomic E-state index is 12.9. The van der Waals surface area contributed by atoms with Gasteiger partial charge in [0, 0.05) is 25.2 Å². The lowest BCUT2D eigenvalue weighted by Gasteiger charge is -2.31. The summed E-state index contributed by atoms with van der Waals surface area (Å²) >= 11 is 0. The quantitative estimate of drug-likeness (QED) is 0.810. The van der Waals surface area contributed by atoms with Crippen LogP contribution in [0, 0.1) is 5.92 Å². The van der Waals surface area contributed by atoms with Crippen LogP contribution in [0.1, 0.15) is 56.8 Å². The molecule has 26 heavy (non-hydrogen) atoms. The van der Waals surface area contributed by atoms with Crippen molar-refractivity contribution in [1.29, 1.82) is 0 Å². The Hall–Kier alpha value is -1.89. The van der Waals surface area contributed by atoms with E-state index in [1.165, 1.54) is 6.07 Å². The number of hydrogen-bond donors (Lipinski definition) is 0. The standard InChI is InChI=1S/C19H27N3O3S/c1-14(2)13-22-15(3)20-26(24,25)18-12-16(8-9-17(18)22)19(23)21-10-6-4-5-7-11-21/h8-9,12,14H,4-7,10-11,13H2,1-3H3. The normalized spacial score (nSPS) is 19.8. The van der Waals surface area contributed by atoms with Crippen molar-refractivity contribution in [2.75, 3.05) is 24.5 Å². The van der Waals surface area contributed by atoms with Gasteiger partial charge in [-0.25, -0.2) is 0 Å². The number of carbonyl (C=O) groups excluding carboxylic acids is 1. The summed E-state index contributed by atoms with van der Waals surface area (Å²) in [6.45, 7) is 8.01. The number of fused-ring (bicyclic) bond motifs is 1. The lowest BCUT2D eigenvalue weighted by atomic mass is 10.1. The number of anilines is 1. The molecule has 3 rings (SSSR count). The topological polar surface area (TPSA) is 70.0 Å². The smallest absolute Gasteiger partial charge is 0.286 e. The second-order valence-electron chi connectivity index (χ2n) is 7.51. The summed E-state index contributed by atoms with van der Waals surface area (Å²) in [7, 11) is -3.78. The molecule has 1 aromatic carbocycles. The van der Waals surface area contributed by atoms with E-state index in [2.05, 4.69) is 18.2 Å². The van der Waals surface area contributed by atoms with Gasteiger partial charge in [-0.3, -0.25) is 4.79 Å². The average molecular weight is 378 g/mol. The number of rotatable bonds is 3. The molecule has 2 aliphatic heterocycles. The fraction of sp³-hybridized carbons (Fsp3) is 0.579. The molecule has 0 spiro atoms. The molecular formula is C19H27N3O3S. The van der Waals surface area contributed by atoms with Gasteiger partial charge in [0.15, 0.2) is 0 Å². The first-order chi connectivity index (χ1) is 12.3. The lowest BCUT2D eigenvalue weighted by molar-refractivity contribution is 0.0761. The van der Waals surface area contributed by atoms with Crippen molar-refractivity contribution in [2.45, 2.75) is 51.3 Å². The van der Waals surface area contributed by atoms with E-state index in [0.29, 0.717) is 29.5 Å². The predicted octanol–water partition coefficient (Wildman–Crippen LogP) is 3.29. The minimum Gasteiger partial charge on any atom is -0.339 e. The zero-order chi connectivity index (χ0) is 18.9. The van der Waals surface area contributed by atoms with E-state index in [4.69, 9.17) is 0 Å². The van der Waals surface area contributed by atoms with Crippen molar-refractivity contribution < 1.29 is 13.2 Å². The van der Waals surface area contributed by atoms with Crippen LogP contribution in [-0.4, -0.2) is 44.7 Å². The van der Waals surface area contributed by atoms with Crippen molar-refractivity contribution in [3.8, 4) is 0 Å². The van der Waals surface area contributed by atoms with Gasteiger partial charge in [0.05, 0.1) is 5.69 Å². The SMILES string of the molecule is CC1=NS(=O)(=O)c2cc(C(=O)N3CCCCCC3)ccc2N1CC(C)C. The van der Waals surface area contributed by atoms with E-state index in [0.717, 1.165) is 38.8 Å². The summed E-state index contributed by atoms with van der Waals surface area (Å²) in [5, 5.41) is 0. The summed E-state index contributed by atoms with van der Waals surface area (Å²) in [5.74, 6) is 0.733. The number of carbonyl (C=O) groups is 1. The minimum atomic E-state index is -3.78. The molecule has 2 aliphatic rings.